The lowest BCUT2D eigenvalue weighted by Gasteiger charge is -2.10. The van der Waals surface area contributed by atoms with Crippen molar-refractivity contribution >= 4 is 5.97 Å². The van der Waals surface area contributed by atoms with Crippen molar-refractivity contribution < 1.29 is 23.5 Å². The summed E-state index contributed by atoms with van der Waals surface area (Å²) < 4.78 is 20.5. The number of ether oxygens (including phenoxy) is 3. The van der Waals surface area contributed by atoms with Gasteiger partial charge in [-0.05, 0) is 18.2 Å². The second kappa shape index (κ2) is 6.93. The van der Waals surface area contributed by atoms with E-state index >= 15 is 0 Å². The summed E-state index contributed by atoms with van der Waals surface area (Å²) in [5.74, 6) is 1.51. The molecule has 0 saturated heterocycles. The number of carbonyl (C=O) groups excluding carboxylic acids is 1. The molecule has 0 amide bonds. The Morgan fingerprint density at radius 2 is 2.09 bits per heavy atom. The summed E-state index contributed by atoms with van der Waals surface area (Å²) >= 11 is 0. The number of hydrogen-bond donors (Lipinski definition) is 0. The van der Waals surface area contributed by atoms with Gasteiger partial charge in [0.25, 0.3) is 5.89 Å². The minimum atomic E-state index is -0.512. The van der Waals surface area contributed by atoms with Gasteiger partial charge in [0.05, 0.1) is 14.2 Å². The van der Waals surface area contributed by atoms with Gasteiger partial charge in [0, 0.05) is 5.92 Å². The standard InChI is InChI=1S/C15H18N2O5/c1-9(2)14-16-13(22-17-14)8-21-12-6-5-10(19-3)7-11(12)15(18)20-4/h5-7,9H,8H2,1-4H3. The summed E-state index contributed by atoms with van der Waals surface area (Å²) in [7, 11) is 2.82. The van der Waals surface area contributed by atoms with Gasteiger partial charge in [0.15, 0.2) is 12.4 Å². The van der Waals surface area contributed by atoms with Crippen molar-refractivity contribution in [3.8, 4) is 11.5 Å². The molecule has 0 unspecified atom stereocenters. The van der Waals surface area contributed by atoms with Gasteiger partial charge in [-0.3, -0.25) is 0 Å². The number of carbonyl (C=O) groups is 1. The first-order valence-electron chi connectivity index (χ1n) is 6.76. The van der Waals surface area contributed by atoms with Gasteiger partial charge in [-0.1, -0.05) is 19.0 Å². The van der Waals surface area contributed by atoms with Crippen LogP contribution in [0.25, 0.3) is 0 Å². The molecule has 0 aliphatic carbocycles. The van der Waals surface area contributed by atoms with Crippen LogP contribution in [0, 0.1) is 0 Å². The molecule has 1 heterocycles. The molecule has 7 nitrogen and oxygen atoms in total. The molecule has 0 saturated carbocycles. The Kier molecular flexibility index (Phi) is 4.98. The molecular weight excluding hydrogens is 288 g/mol. The molecule has 2 aromatic rings. The molecule has 7 heteroatoms. The van der Waals surface area contributed by atoms with Crippen molar-refractivity contribution in [2.75, 3.05) is 14.2 Å². The SMILES string of the molecule is COC(=O)c1cc(OC)ccc1OCc1nc(C(C)C)no1. The molecule has 1 aromatic carbocycles. The number of benzene rings is 1. The van der Waals surface area contributed by atoms with E-state index in [1.165, 1.54) is 14.2 Å². The summed E-state index contributed by atoms with van der Waals surface area (Å²) in [6.45, 7) is 4.00. The van der Waals surface area contributed by atoms with E-state index in [0.29, 0.717) is 23.2 Å². The van der Waals surface area contributed by atoms with Crippen LogP contribution in [-0.2, 0) is 11.3 Å². The van der Waals surface area contributed by atoms with Crippen molar-refractivity contribution in [1.82, 2.24) is 10.1 Å². The second-order valence-corrected chi connectivity index (χ2v) is 4.84. The van der Waals surface area contributed by atoms with E-state index in [0.717, 1.165) is 0 Å². The third kappa shape index (κ3) is 3.55. The third-order valence-electron chi connectivity index (χ3n) is 2.94. The van der Waals surface area contributed by atoms with Crippen molar-refractivity contribution in [2.45, 2.75) is 26.4 Å². The van der Waals surface area contributed by atoms with Crippen LogP contribution in [0.2, 0.25) is 0 Å². The van der Waals surface area contributed by atoms with Gasteiger partial charge in [0.1, 0.15) is 17.1 Å². The predicted molar refractivity (Wildman–Crippen MR) is 77.1 cm³/mol. The van der Waals surface area contributed by atoms with Gasteiger partial charge in [0.2, 0.25) is 0 Å². The number of esters is 1. The summed E-state index contributed by atoms with van der Waals surface area (Å²) in [5.41, 5.74) is 0.269. The van der Waals surface area contributed by atoms with Crippen LogP contribution in [-0.4, -0.2) is 30.3 Å². The fourth-order valence-electron chi connectivity index (χ4n) is 1.73. The average Bonchev–Trinajstić information content (AvgIpc) is 3.01. The molecule has 0 spiro atoms. The maximum atomic E-state index is 11.8. The summed E-state index contributed by atoms with van der Waals surface area (Å²) in [4.78, 5) is 16.0. The summed E-state index contributed by atoms with van der Waals surface area (Å²) in [5, 5.41) is 3.85. The fourth-order valence-corrected chi connectivity index (χ4v) is 1.73. The minimum absolute atomic E-state index is 0.0655. The lowest BCUT2D eigenvalue weighted by Crippen LogP contribution is -2.06. The first-order valence-corrected chi connectivity index (χ1v) is 6.76. The molecule has 0 radical (unpaired) electrons. The molecule has 0 bridgehead atoms. The monoisotopic (exact) mass is 306 g/mol. The number of nitrogens with zero attached hydrogens (tertiary/aromatic N) is 2. The molecule has 0 fully saturated rings. The Bertz CT molecular complexity index is 651. The number of hydrogen-bond acceptors (Lipinski definition) is 7. The van der Waals surface area contributed by atoms with E-state index < -0.39 is 5.97 Å². The van der Waals surface area contributed by atoms with Gasteiger partial charge in [-0.2, -0.15) is 4.98 Å². The summed E-state index contributed by atoms with van der Waals surface area (Å²) in [6.07, 6.45) is 0. The molecule has 2 rings (SSSR count). The van der Waals surface area contributed by atoms with Crippen LogP contribution in [0.1, 0.15) is 41.8 Å². The Morgan fingerprint density at radius 1 is 1.32 bits per heavy atom. The maximum absolute atomic E-state index is 11.8. The van der Waals surface area contributed by atoms with Crippen LogP contribution >= 0.6 is 0 Å². The van der Waals surface area contributed by atoms with E-state index in [2.05, 4.69) is 10.1 Å². The van der Waals surface area contributed by atoms with E-state index in [1.807, 2.05) is 13.8 Å². The highest BCUT2D eigenvalue weighted by atomic mass is 16.5. The van der Waals surface area contributed by atoms with Gasteiger partial charge < -0.3 is 18.7 Å². The number of methoxy groups -OCH3 is 2. The summed E-state index contributed by atoms with van der Waals surface area (Å²) in [6, 6.07) is 4.87. The lowest BCUT2D eigenvalue weighted by molar-refractivity contribution is 0.0594. The van der Waals surface area contributed by atoms with Crippen LogP contribution in [0.5, 0.6) is 11.5 Å². The van der Waals surface area contributed by atoms with Crippen LogP contribution < -0.4 is 9.47 Å². The van der Waals surface area contributed by atoms with Gasteiger partial charge in [-0.15, -0.1) is 0 Å². The zero-order chi connectivity index (χ0) is 16.1. The average molecular weight is 306 g/mol. The van der Waals surface area contributed by atoms with E-state index in [1.54, 1.807) is 18.2 Å². The first-order chi connectivity index (χ1) is 10.5. The Morgan fingerprint density at radius 3 is 2.68 bits per heavy atom. The first kappa shape index (κ1) is 15.8. The molecule has 0 aliphatic heterocycles. The predicted octanol–water partition coefficient (Wildman–Crippen LogP) is 2.57. The second-order valence-electron chi connectivity index (χ2n) is 4.84. The largest absolute Gasteiger partial charge is 0.497 e. The normalized spacial score (nSPS) is 10.6. The van der Waals surface area contributed by atoms with Crippen LogP contribution in [0.15, 0.2) is 22.7 Å². The molecular formula is C15H18N2O5. The number of aromatic nitrogens is 2. The van der Waals surface area contributed by atoms with Crippen molar-refractivity contribution in [2.24, 2.45) is 0 Å². The van der Waals surface area contributed by atoms with Crippen molar-refractivity contribution in [3.05, 3.63) is 35.5 Å². The van der Waals surface area contributed by atoms with E-state index in [4.69, 9.17) is 18.7 Å². The molecule has 22 heavy (non-hydrogen) atoms. The van der Waals surface area contributed by atoms with Gasteiger partial charge in [-0.25, -0.2) is 4.79 Å². The zero-order valence-electron chi connectivity index (χ0n) is 13.0. The van der Waals surface area contributed by atoms with E-state index in [-0.39, 0.29) is 18.1 Å². The topological polar surface area (TPSA) is 83.7 Å². The van der Waals surface area contributed by atoms with Crippen LogP contribution in [0.3, 0.4) is 0 Å². The Labute approximate surface area is 128 Å². The maximum Gasteiger partial charge on any atom is 0.341 e. The highest BCUT2D eigenvalue weighted by molar-refractivity contribution is 5.92. The van der Waals surface area contributed by atoms with Gasteiger partial charge >= 0.3 is 5.97 Å². The fraction of sp³-hybridized carbons (Fsp3) is 0.400. The van der Waals surface area contributed by atoms with Crippen molar-refractivity contribution in [3.63, 3.8) is 0 Å². The molecule has 0 atom stereocenters. The molecule has 118 valence electrons. The quantitative estimate of drug-likeness (QED) is 0.758. The highest BCUT2D eigenvalue weighted by Crippen LogP contribution is 2.25. The highest BCUT2D eigenvalue weighted by Gasteiger charge is 2.16. The van der Waals surface area contributed by atoms with Crippen molar-refractivity contribution in [1.29, 1.82) is 0 Å². The van der Waals surface area contributed by atoms with Crippen LogP contribution in [0.4, 0.5) is 0 Å². The minimum Gasteiger partial charge on any atom is -0.497 e. The van der Waals surface area contributed by atoms with E-state index in [9.17, 15) is 4.79 Å². The third-order valence-corrected chi connectivity index (χ3v) is 2.94. The Hall–Kier alpha value is -2.57. The molecule has 0 aliphatic rings. The zero-order valence-corrected chi connectivity index (χ0v) is 13.0. The smallest absolute Gasteiger partial charge is 0.341 e. The molecule has 1 aromatic heterocycles. The number of rotatable bonds is 6. The Balaban J connectivity index is 2.15. The molecule has 0 N–H and O–H groups in total. The lowest BCUT2D eigenvalue weighted by atomic mass is 10.2.